The van der Waals surface area contributed by atoms with Gasteiger partial charge in [-0.15, -0.1) is 11.3 Å². The highest BCUT2D eigenvalue weighted by Gasteiger charge is 2.10. The van der Waals surface area contributed by atoms with Crippen LogP contribution in [0.4, 0.5) is 0 Å². The molecule has 0 atom stereocenters. The standard InChI is InChI=1S/C17H13ClN2O3S/c1-11-4-5-12(9-13(11)18)6-7-16(21)22-10-15-19-17(20-23-15)14-3-2-8-24-14/h2-9H,10H2,1H3/b7-6+. The smallest absolute Gasteiger partial charge is 0.331 e. The molecule has 0 N–H and O–H groups in total. The van der Waals surface area contributed by atoms with Gasteiger partial charge in [-0.3, -0.25) is 0 Å². The first-order valence-corrected chi connectivity index (χ1v) is 8.35. The highest BCUT2D eigenvalue weighted by Crippen LogP contribution is 2.21. The maximum atomic E-state index is 11.7. The molecule has 5 nitrogen and oxygen atoms in total. The molecule has 0 saturated heterocycles. The van der Waals surface area contributed by atoms with Crippen LogP contribution in [0.25, 0.3) is 16.8 Å². The minimum Gasteiger partial charge on any atom is -0.452 e. The Hall–Kier alpha value is -2.44. The van der Waals surface area contributed by atoms with Gasteiger partial charge in [0, 0.05) is 11.1 Å². The third-order valence-electron chi connectivity index (χ3n) is 3.16. The molecule has 2 aromatic heterocycles. The number of carbonyl (C=O) groups excluding carboxylic acids is 1. The van der Waals surface area contributed by atoms with E-state index in [1.807, 2.05) is 36.6 Å². The summed E-state index contributed by atoms with van der Waals surface area (Å²) >= 11 is 7.54. The average Bonchev–Trinajstić information content (AvgIpc) is 3.25. The summed E-state index contributed by atoms with van der Waals surface area (Å²) in [6, 6.07) is 9.33. The molecular formula is C17H13ClN2O3S. The summed E-state index contributed by atoms with van der Waals surface area (Å²) in [5.74, 6) is 0.238. The maximum Gasteiger partial charge on any atom is 0.331 e. The molecule has 0 unspecified atom stereocenters. The Labute approximate surface area is 147 Å². The van der Waals surface area contributed by atoms with Gasteiger partial charge in [-0.2, -0.15) is 4.98 Å². The molecule has 0 aliphatic rings. The first kappa shape index (κ1) is 16.4. The van der Waals surface area contributed by atoms with Crippen LogP contribution in [0.1, 0.15) is 17.0 Å². The highest BCUT2D eigenvalue weighted by molar-refractivity contribution is 7.13. The summed E-state index contributed by atoms with van der Waals surface area (Å²) in [6.45, 7) is 1.84. The first-order valence-electron chi connectivity index (χ1n) is 7.09. The van der Waals surface area contributed by atoms with Gasteiger partial charge < -0.3 is 9.26 Å². The summed E-state index contributed by atoms with van der Waals surface area (Å²) in [7, 11) is 0. The SMILES string of the molecule is Cc1ccc(/C=C/C(=O)OCc2nc(-c3cccs3)no2)cc1Cl. The lowest BCUT2D eigenvalue weighted by atomic mass is 10.1. The lowest BCUT2D eigenvalue weighted by Crippen LogP contribution is -2.00. The van der Waals surface area contributed by atoms with Crippen molar-refractivity contribution in [1.29, 1.82) is 0 Å². The highest BCUT2D eigenvalue weighted by atomic mass is 35.5. The van der Waals surface area contributed by atoms with Crippen molar-refractivity contribution in [3.8, 4) is 10.7 Å². The molecule has 0 amide bonds. The van der Waals surface area contributed by atoms with Gasteiger partial charge in [0.05, 0.1) is 4.88 Å². The molecule has 2 heterocycles. The number of carbonyl (C=O) groups is 1. The molecular weight excluding hydrogens is 348 g/mol. The van der Waals surface area contributed by atoms with Crippen molar-refractivity contribution in [2.75, 3.05) is 0 Å². The van der Waals surface area contributed by atoms with Crippen molar-refractivity contribution in [3.63, 3.8) is 0 Å². The molecule has 7 heteroatoms. The molecule has 3 aromatic rings. The van der Waals surface area contributed by atoms with Crippen LogP contribution in [0.5, 0.6) is 0 Å². The van der Waals surface area contributed by atoms with Crippen LogP contribution in [0.15, 0.2) is 46.3 Å². The van der Waals surface area contributed by atoms with E-state index in [0.29, 0.717) is 10.8 Å². The number of nitrogens with zero attached hydrogens (tertiary/aromatic N) is 2. The monoisotopic (exact) mass is 360 g/mol. The molecule has 24 heavy (non-hydrogen) atoms. The van der Waals surface area contributed by atoms with Crippen LogP contribution >= 0.6 is 22.9 Å². The lowest BCUT2D eigenvalue weighted by Gasteiger charge is -1.99. The number of aromatic nitrogens is 2. The Balaban J connectivity index is 1.55. The number of ether oxygens (including phenoxy) is 1. The molecule has 0 spiro atoms. The van der Waals surface area contributed by atoms with Crippen LogP contribution in [0.3, 0.4) is 0 Å². The Bertz CT molecular complexity index is 872. The lowest BCUT2D eigenvalue weighted by molar-refractivity contribution is -0.139. The number of aryl methyl sites for hydroxylation is 1. The number of hydrogen-bond acceptors (Lipinski definition) is 6. The maximum absolute atomic E-state index is 11.7. The summed E-state index contributed by atoms with van der Waals surface area (Å²) in [6.07, 6.45) is 2.97. The predicted molar refractivity (Wildman–Crippen MR) is 92.6 cm³/mol. The fraction of sp³-hybridized carbons (Fsp3) is 0.118. The largest absolute Gasteiger partial charge is 0.452 e. The van der Waals surface area contributed by atoms with Gasteiger partial charge >= 0.3 is 5.97 Å². The second-order valence-electron chi connectivity index (χ2n) is 4.94. The fourth-order valence-electron chi connectivity index (χ4n) is 1.88. The third kappa shape index (κ3) is 4.10. The van der Waals surface area contributed by atoms with E-state index in [4.69, 9.17) is 20.9 Å². The minimum absolute atomic E-state index is 0.0732. The summed E-state index contributed by atoms with van der Waals surface area (Å²) in [5, 5.41) is 6.42. The topological polar surface area (TPSA) is 65.2 Å². The Morgan fingerprint density at radius 3 is 3.04 bits per heavy atom. The molecule has 3 rings (SSSR count). The van der Waals surface area contributed by atoms with Crippen molar-refractivity contribution < 1.29 is 14.1 Å². The van der Waals surface area contributed by atoms with E-state index in [0.717, 1.165) is 16.0 Å². The van der Waals surface area contributed by atoms with Crippen LogP contribution in [0, 0.1) is 6.92 Å². The van der Waals surface area contributed by atoms with E-state index in [1.54, 1.807) is 12.1 Å². The average molecular weight is 361 g/mol. The van der Waals surface area contributed by atoms with E-state index in [9.17, 15) is 4.79 Å². The zero-order valence-electron chi connectivity index (χ0n) is 12.7. The van der Waals surface area contributed by atoms with E-state index in [2.05, 4.69) is 10.1 Å². The molecule has 0 aliphatic heterocycles. The quantitative estimate of drug-likeness (QED) is 0.494. The second-order valence-corrected chi connectivity index (χ2v) is 6.29. The zero-order valence-corrected chi connectivity index (χ0v) is 14.3. The van der Waals surface area contributed by atoms with E-state index in [-0.39, 0.29) is 12.5 Å². The fourth-order valence-corrected chi connectivity index (χ4v) is 2.72. The van der Waals surface area contributed by atoms with Gasteiger partial charge in [0.15, 0.2) is 6.61 Å². The van der Waals surface area contributed by atoms with Gasteiger partial charge in [0.2, 0.25) is 5.82 Å². The van der Waals surface area contributed by atoms with Crippen molar-refractivity contribution in [2.45, 2.75) is 13.5 Å². The summed E-state index contributed by atoms with van der Waals surface area (Å²) < 4.78 is 10.1. The van der Waals surface area contributed by atoms with Gasteiger partial charge in [-0.1, -0.05) is 35.0 Å². The van der Waals surface area contributed by atoms with Crippen LogP contribution in [-0.4, -0.2) is 16.1 Å². The van der Waals surface area contributed by atoms with Crippen LogP contribution in [-0.2, 0) is 16.1 Å². The third-order valence-corrected chi connectivity index (χ3v) is 4.43. The van der Waals surface area contributed by atoms with E-state index >= 15 is 0 Å². The second kappa shape index (κ2) is 7.42. The van der Waals surface area contributed by atoms with E-state index < -0.39 is 5.97 Å². The number of benzene rings is 1. The van der Waals surface area contributed by atoms with Crippen LogP contribution in [0.2, 0.25) is 5.02 Å². The molecule has 0 aliphatic carbocycles. The molecule has 1 aromatic carbocycles. The van der Waals surface area contributed by atoms with Crippen molar-refractivity contribution in [3.05, 3.63) is 63.8 Å². The summed E-state index contributed by atoms with van der Waals surface area (Å²) in [5.41, 5.74) is 1.80. The van der Waals surface area contributed by atoms with Crippen molar-refractivity contribution >= 4 is 35.0 Å². The Kier molecular flexibility index (Phi) is 5.08. The predicted octanol–water partition coefficient (Wildman–Crippen LogP) is 4.52. The summed E-state index contributed by atoms with van der Waals surface area (Å²) in [4.78, 5) is 16.8. The molecule has 0 radical (unpaired) electrons. The van der Waals surface area contributed by atoms with E-state index in [1.165, 1.54) is 17.4 Å². The minimum atomic E-state index is -0.498. The molecule has 0 fully saturated rings. The number of hydrogen-bond donors (Lipinski definition) is 0. The number of halogens is 1. The van der Waals surface area contributed by atoms with Gasteiger partial charge in [0.1, 0.15) is 0 Å². The first-order chi connectivity index (χ1) is 11.6. The van der Waals surface area contributed by atoms with Crippen molar-refractivity contribution in [1.82, 2.24) is 10.1 Å². The molecule has 0 bridgehead atoms. The zero-order chi connectivity index (χ0) is 16.9. The number of rotatable bonds is 5. The Morgan fingerprint density at radius 1 is 1.42 bits per heavy atom. The normalized spacial score (nSPS) is 11.1. The Morgan fingerprint density at radius 2 is 2.29 bits per heavy atom. The van der Waals surface area contributed by atoms with Crippen LogP contribution < -0.4 is 0 Å². The number of thiophene rings is 1. The van der Waals surface area contributed by atoms with Crippen molar-refractivity contribution in [2.24, 2.45) is 0 Å². The van der Waals surface area contributed by atoms with Gasteiger partial charge in [-0.05, 0) is 41.6 Å². The van der Waals surface area contributed by atoms with Gasteiger partial charge in [-0.25, -0.2) is 4.79 Å². The molecule has 0 saturated carbocycles. The number of esters is 1. The molecule has 122 valence electrons. The van der Waals surface area contributed by atoms with Gasteiger partial charge in [0.25, 0.3) is 5.89 Å².